The van der Waals surface area contributed by atoms with Crippen LogP contribution in [0.4, 0.5) is 0 Å². The number of hydrogen-bond donors (Lipinski definition) is 1. The van der Waals surface area contributed by atoms with E-state index >= 15 is 0 Å². The summed E-state index contributed by atoms with van der Waals surface area (Å²) in [5, 5.41) is 7.62. The van der Waals surface area contributed by atoms with Crippen molar-refractivity contribution in [1.29, 1.82) is 5.26 Å². The van der Waals surface area contributed by atoms with Gasteiger partial charge in [0.25, 0.3) is 0 Å². The van der Waals surface area contributed by atoms with Crippen LogP contribution >= 0.6 is 11.8 Å². The molecular weight excluding hydrogens is 208 g/mol. The number of nitriles is 1. The second-order valence-corrected chi connectivity index (χ2v) is 5.39. The van der Waals surface area contributed by atoms with Gasteiger partial charge in [-0.05, 0) is 12.7 Å². The Morgan fingerprint density at radius 1 is 1.62 bits per heavy atom. The van der Waals surface area contributed by atoms with Crippen molar-refractivity contribution in [2.24, 2.45) is 0 Å². The summed E-state index contributed by atoms with van der Waals surface area (Å²) in [6, 6.07) is 1.76. The van der Waals surface area contributed by atoms with E-state index in [2.05, 4.69) is 4.72 Å². The van der Waals surface area contributed by atoms with E-state index in [1.54, 1.807) is 24.8 Å². The number of rotatable bonds is 6. The zero-order valence-electron chi connectivity index (χ0n) is 7.78. The minimum absolute atomic E-state index is 0.325. The highest BCUT2D eigenvalue weighted by Crippen LogP contribution is 2.02. The van der Waals surface area contributed by atoms with Gasteiger partial charge >= 0.3 is 0 Å². The van der Waals surface area contributed by atoms with Crippen LogP contribution in [-0.4, -0.2) is 32.2 Å². The van der Waals surface area contributed by atoms with Crippen LogP contribution in [0.3, 0.4) is 0 Å². The molecule has 1 N–H and O–H groups in total. The SMILES string of the molecule is CCC(C#N)S(=O)(=O)NCCSC. The Hall–Kier alpha value is -0.250. The highest BCUT2D eigenvalue weighted by atomic mass is 32.2. The van der Waals surface area contributed by atoms with Gasteiger partial charge in [0, 0.05) is 12.3 Å². The standard InChI is InChI=1S/C7H14N2O2S2/c1-3-7(6-8)13(10,11)9-4-5-12-2/h7,9H,3-5H2,1-2H3. The molecule has 0 saturated carbocycles. The molecule has 0 aliphatic rings. The first-order valence-corrected chi connectivity index (χ1v) is 6.89. The molecule has 0 aliphatic carbocycles. The van der Waals surface area contributed by atoms with Gasteiger partial charge in [-0.25, -0.2) is 13.1 Å². The average Bonchev–Trinajstić information content (AvgIpc) is 2.06. The van der Waals surface area contributed by atoms with E-state index in [4.69, 9.17) is 5.26 Å². The molecule has 1 atom stereocenters. The third-order valence-corrected chi connectivity index (χ3v) is 3.91. The normalized spacial score (nSPS) is 13.6. The first-order valence-electron chi connectivity index (χ1n) is 3.95. The monoisotopic (exact) mass is 222 g/mol. The number of sulfonamides is 1. The van der Waals surface area contributed by atoms with Crippen molar-refractivity contribution in [3.05, 3.63) is 0 Å². The Labute approximate surface area is 83.8 Å². The summed E-state index contributed by atoms with van der Waals surface area (Å²) < 4.78 is 25.0. The molecule has 0 heterocycles. The Bertz CT molecular complexity index is 269. The fraction of sp³-hybridized carbons (Fsp3) is 0.857. The van der Waals surface area contributed by atoms with Crippen molar-refractivity contribution in [3.8, 4) is 6.07 Å². The summed E-state index contributed by atoms with van der Waals surface area (Å²) in [4.78, 5) is 0. The summed E-state index contributed by atoms with van der Waals surface area (Å²) in [5.41, 5.74) is 0. The lowest BCUT2D eigenvalue weighted by molar-refractivity contribution is 0.575. The molecule has 0 spiro atoms. The van der Waals surface area contributed by atoms with Gasteiger partial charge in [0.2, 0.25) is 10.0 Å². The lowest BCUT2D eigenvalue weighted by Gasteiger charge is -2.08. The Balaban J connectivity index is 4.16. The van der Waals surface area contributed by atoms with Crippen LogP contribution in [-0.2, 0) is 10.0 Å². The topological polar surface area (TPSA) is 70.0 Å². The zero-order valence-corrected chi connectivity index (χ0v) is 9.41. The van der Waals surface area contributed by atoms with Crippen LogP contribution in [0.25, 0.3) is 0 Å². The van der Waals surface area contributed by atoms with Gasteiger partial charge in [-0.15, -0.1) is 0 Å². The third kappa shape index (κ3) is 4.50. The smallest absolute Gasteiger partial charge is 0.213 e. The minimum atomic E-state index is -3.42. The van der Waals surface area contributed by atoms with Crippen molar-refractivity contribution >= 4 is 21.8 Å². The molecule has 1 unspecified atom stereocenters. The summed E-state index contributed by atoms with van der Waals surface area (Å²) in [5.74, 6) is 0.723. The highest BCUT2D eigenvalue weighted by molar-refractivity contribution is 7.98. The number of nitrogens with one attached hydrogen (secondary N) is 1. The molecule has 0 bridgehead atoms. The summed E-state index contributed by atoms with van der Waals surface area (Å²) in [6.07, 6.45) is 2.22. The second kappa shape index (κ2) is 6.24. The van der Waals surface area contributed by atoms with E-state index in [0.29, 0.717) is 13.0 Å². The van der Waals surface area contributed by atoms with E-state index in [9.17, 15) is 8.42 Å². The largest absolute Gasteiger partial charge is 0.227 e. The van der Waals surface area contributed by atoms with Crippen LogP contribution in [0.2, 0.25) is 0 Å². The maximum atomic E-state index is 11.3. The van der Waals surface area contributed by atoms with Crippen LogP contribution < -0.4 is 4.72 Å². The molecule has 0 rings (SSSR count). The fourth-order valence-electron chi connectivity index (χ4n) is 0.767. The van der Waals surface area contributed by atoms with Gasteiger partial charge in [0.05, 0.1) is 6.07 Å². The predicted octanol–water partition coefficient (Wildman–Crippen LogP) is 0.571. The maximum Gasteiger partial charge on any atom is 0.227 e. The molecule has 0 radical (unpaired) electrons. The van der Waals surface area contributed by atoms with Crippen molar-refractivity contribution in [1.82, 2.24) is 4.72 Å². The van der Waals surface area contributed by atoms with Gasteiger partial charge in [0.15, 0.2) is 5.25 Å². The molecule has 4 nitrogen and oxygen atoms in total. The van der Waals surface area contributed by atoms with E-state index in [1.165, 1.54) is 0 Å². The lowest BCUT2D eigenvalue weighted by Crippen LogP contribution is -2.34. The van der Waals surface area contributed by atoms with E-state index in [-0.39, 0.29) is 0 Å². The van der Waals surface area contributed by atoms with Crippen LogP contribution in [0.1, 0.15) is 13.3 Å². The molecule has 0 saturated heterocycles. The predicted molar refractivity (Wildman–Crippen MR) is 55.0 cm³/mol. The van der Waals surface area contributed by atoms with E-state index in [0.717, 1.165) is 5.75 Å². The molecule has 6 heteroatoms. The van der Waals surface area contributed by atoms with Gasteiger partial charge in [-0.3, -0.25) is 0 Å². The number of thioether (sulfide) groups is 1. The average molecular weight is 222 g/mol. The Morgan fingerprint density at radius 2 is 2.23 bits per heavy atom. The van der Waals surface area contributed by atoms with Crippen molar-refractivity contribution in [3.63, 3.8) is 0 Å². The Morgan fingerprint density at radius 3 is 2.62 bits per heavy atom. The maximum absolute atomic E-state index is 11.3. The first kappa shape index (κ1) is 12.8. The molecule has 13 heavy (non-hydrogen) atoms. The zero-order chi connectivity index (χ0) is 10.3. The molecule has 0 aromatic rings. The van der Waals surface area contributed by atoms with E-state index in [1.807, 2.05) is 6.26 Å². The van der Waals surface area contributed by atoms with Crippen LogP contribution in [0.15, 0.2) is 0 Å². The number of hydrogen-bond acceptors (Lipinski definition) is 4. The van der Waals surface area contributed by atoms with Gasteiger partial charge in [-0.2, -0.15) is 17.0 Å². The summed E-state index contributed by atoms with van der Waals surface area (Å²) in [6.45, 7) is 2.07. The van der Waals surface area contributed by atoms with Crippen LogP contribution in [0.5, 0.6) is 0 Å². The number of nitrogens with zero attached hydrogens (tertiary/aromatic N) is 1. The lowest BCUT2D eigenvalue weighted by atomic mass is 10.4. The quantitative estimate of drug-likeness (QED) is 0.667. The van der Waals surface area contributed by atoms with Crippen molar-refractivity contribution in [2.45, 2.75) is 18.6 Å². The fourth-order valence-corrected chi connectivity index (χ4v) is 2.37. The van der Waals surface area contributed by atoms with Crippen LogP contribution in [0, 0.1) is 11.3 Å². The minimum Gasteiger partial charge on any atom is -0.213 e. The molecule has 0 aliphatic heterocycles. The highest BCUT2D eigenvalue weighted by Gasteiger charge is 2.21. The van der Waals surface area contributed by atoms with Gasteiger partial charge in [0.1, 0.15) is 0 Å². The van der Waals surface area contributed by atoms with Crippen molar-refractivity contribution in [2.75, 3.05) is 18.6 Å². The van der Waals surface area contributed by atoms with Gasteiger partial charge in [-0.1, -0.05) is 6.92 Å². The van der Waals surface area contributed by atoms with Crippen molar-refractivity contribution < 1.29 is 8.42 Å². The summed E-state index contributed by atoms with van der Waals surface area (Å²) in [7, 11) is -3.42. The first-order chi connectivity index (χ1) is 6.08. The summed E-state index contributed by atoms with van der Waals surface area (Å²) >= 11 is 1.56. The Kier molecular flexibility index (Phi) is 6.12. The molecule has 0 aromatic carbocycles. The molecule has 0 fully saturated rings. The second-order valence-electron chi connectivity index (χ2n) is 2.46. The molecule has 0 aromatic heterocycles. The molecular formula is C7H14N2O2S2. The third-order valence-electron chi connectivity index (χ3n) is 1.50. The van der Waals surface area contributed by atoms with E-state index < -0.39 is 15.3 Å². The molecule has 76 valence electrons. The molecule has 0 amide bonds. The van der Waals surface area contributed by atoms with Gasteiger partial charge < -0.3 is 0 Å².